The lowest BCUT2D eigenvalue weighted by atomic mass is 9.63. The molecule has 1 aliphatic rings. The zero-order chi connectivity index (χ0) is 14.8. The van der Waals surface area contributed by atoms with Gasteiger partial charge in [-0.15, -0.1) is 0 Å². The highest BCUT2D eigenvalue weighted by Crippen LogP contribution is 2.47. The van der Waals surface area contributed by atoms with Crippen LogP contribution in [-0.2, 0) is 5.41 Å². The van der Waals surface area contributed by atoms with Crippen molar-refractivity contribution < 1.29 is 4.74 Å². The average molecular weight is 272 g/mol. The van der Waals surface area contributed by atoms with Gasteiger partial charge in [0, 0.05) is 30.0 Å². The van der Waals surface area contributed by atoms with Gasteiger partial charge in [0.05, 0.1) is 13.2 Å². The number of nitrogens with zero attached hydrogens (tertiary/aromatic N) is 2. The van der Waals surface area contributed by atoms with Crippen molar-refractivity contribution in [2.45, 2.75) is 38.1 Å². The third-order valence-corrected chi connectivity index (χ3v) is 4.96. The van der Waals surface area contributed by atoms with Crippen molar-refractivity contribution in [1.82, 2.24) is 4.90 Å². The molecule has 0 N–H and O–H groups in total. The number of rotatable bonds is 3. The molecule has 0 aliphatic carbocycles. The third-order valence-electron chi connectivity index (χ3n) is 4.96. The Kier molecular flexibility index (Phi) is 4.35. The van der Waals surface area contributed by atoms with Gasteiger partial charge in [-0.05, 0) is 32.4 Å². The van der Waals surface area contributed by atoms with Gasteiger partial charge in [0.2, 0.25) is 0 Å². The highest BCUT2D eigenvalue weighted by atomic mass is 16.5. The summed E-state index contributed by atoms with van der Waals surface area (Å²) in [5.41, 5.74) is 1.09. The van der Waals surface area contributed by atoms with Gasteiger partial charge in [0.25, 0.3) is 0 Å². The molecule has 2 rings (SSSR count). The van der Waals surface area contributed by atoms with E-state index >= 15 is 0 Å². The summed E-state index contributed by atoms with van der Waals surface area (Å²) in [6.45, 7) is 5.51. The first-order valence-electron chi connectivity index (χ1n) is 7.26. The monoisotopic (exact) mass is 272 g/mol. The number of ether oxygens (including phenoxy) is 1. The topological polar surface area (TPSA) is 36.3 Å². The van der Waals surface area contributed by atoms with Gasteiger partial charge in [-0.1, -0.05) is 25.1 Å². The molecule has 3 nitrogen and oxygen atoms in total. The van der Waals surface area contributed by atoms with Crippen LogP contribution in [0.3, 0.4) is 0 Å². The minimum atomic E-state index is -0.104. The molecule has 0 radical (unpaired) electrons. The van der Waals surface area contributed by atoms with Gasteiger partial charge in [-0.25, -0.2) is 0 Å². The lowest BCUT2D eigenvalue weighted by Gasteiger charge is -2.48. The van der Waals surface area contributed by atoms with Crippen LogP contribution >= 0.6 is 0 Å². The number of hydrogen-bond donors (Lipinski definition) is 0. The maximum atomic E-state index is 9.37. The Morgan fingerprint density at radius 2 is 2.10 bits per heavy atom. The zero-order valence-corrected chi connectivity index (χ0v) is 12.9. The molecule has 0 spiro atoms. The number of benzene rings is 1. The van der Waals surface area contributed by atoms with E-state index in [0.717, 1.165) is 18.7 Å². The van der Waals surface area contributed by atoms with Gasteiger partial charge in [-0.2, -0.15) is 5.26 Å². The van der Waals surface area contributed by atoms with Crippen molar-refractivity contribution in [3.63, 3.8) is 0 Å². The van der Waals surface area contributed by atoms with Crippen LogP contribution in [0.25, 0.3) is 0 Å². The first kappa shape index (κ1) is 14.9. The fourth-order valence-corrected chi connectivity index (χ4v) is 3.58. The molecule has 108 valence electrons. The van der Waals surface area contributed by atoms with E-state index in [2.05, 4.69) is 37.9 Å². The summed E-state index contributed by atoms with van der Waals surface area (Å²) in [4.78, 5) is 2.38. The standard InChI is InChI=1S/C17H24N2O/c1-13-12-19(3)14(2)11-17(13,9-10-18)15-7-5-6-8-16(15)20-4/h5-8,13-14H,9,11-12H2,1-4H3. The van der Waals surface area contributed by atoms with Crippen LogP contribution < -0.4 is 4.74 Å². The third kappa shape index (κ3) is 2.41. The minimum Gasteiger partial charge on any atom is -0.496 e. The maximum Gasteiger partial charge on any atom is 0.122 e. The zero-order valence-electron chi connectivity index (χ0n) is 12.9. The molecule has 1 aliphatic heterocycles. The minimum absolute atomic E-state index is 0.104. The number of nitriles is 1. The molecule has 0 aromatic heterocycles. The van der Waals surface area contributed by atoms with Crippen LogP contribution in [0.15, 0.2) is 24.3 Å². The second-order valence-electron chi connectivity index (χ2n) is 6.09. The highest BCUT2D eigenvalue weighted by molar-refractivity contribution is 5.41. The lowest BCUT2D eigenvalue weighted by Crippen LogP contribution is -2.51. The lowest BCUT2D eigenvalue weighted by molar-refractivity contribution is 0.0754. The van der Waals surface area contributed by atoms with Crippen molar-refractivity contribution in [1.29, 1.82) is 5.26 Å². The summed E-state index contributed by atoms with van der Waals surface area (Å²) in [6.07, 6.45) is 1.55. The summed E-state index contributed by atoms with van der Waals surface area (Å²) >= 11 is 0. The number of para-hydroxylation sites is 1. The predicted octanol–water partition coefficient (Wildman–Crippen LogP) is 3.21. The molecule has 0 amide bonds. The Labute approximate surface area is 122 Å². The Morgan fingerprint density at radius 3 is 2.75 bits per heavy atom. The summed E-state index contributed by atoms with van der Waals surface area (Å²) in [6, 6.07) is 11.1. The van der Waals surface area contributed by atoms with Crippen LogP contribution in [-0.4, -0.2) is 31.6 Å². The van der Waals surface area contributed by atoms with Gasteiger partial charge < -0.3 is 9.64 Å². The van der Waals surface area contributed by atoms with E-state index in [1.54, 1.807) is 7.11 Å². The molecule has 1 heterocycles. The van der Waals surface area contributed by atoms with Crippen molar-refractivity contribution in [2.75, 3.05) is 20.7 Å². The molecule has 1 fully saturated rings. The van der Waals surface area contributed by atoms with E-state index < -0.39 is 0 Å². The molecule has 3 atom stereocenters. The van der Waals surface area contributed by atoms with Crippen LogP contribution in [0.1, 0.15) is 32.3 Å². The van der Waals surface area contributed by atoms with Gasteiger partial charge in [0.15, 0.2) is 0 Å². The molecule has 3 heteroatoms. The first-order chi connectivity index (χ1) is 9.55. The van der Waals surface area contributed by atoms with Gasteiger partial charge in [-0.3, -0.25) is 0 Å². The molecule has 0 saturated carbocycles. The number of piperidine rings is 1. The number of methoxy groups -OCH3 is 1. The predicted molar refractivity (Wildman–Crippen MR) is 80.8 cm³/mol. The second kappa shape index (κ2) is 5.85. The second-order valence-corrected chi connectivity index (χ2v) is 6.09. The van der Waals surface area contributed by atoms with Crippen LogP contribution in [0, 0.1) is 17.2 Å². The van der Waals surface area contributed by atoms with Crippen LogP contribution in [0.5, 0.6) is 5.75 Å². The van der Waals surface area contributed by atoms with Crippen molar-refractivity contribution in [2.24, 2.45) is 5.92 Å². The van der Waals surface area contributed by atoms with E-state index in [9.17, 15) is 5.26 Å². The SMILES string of the molecule is COc1ccccc1C1(CC#N)CC(C)N(C)CC1C. The summed E-state index contributed by atoms with van der Waals surface area (Å²) in [7, 11) is 3.88. The summed E-state index contributed by atoms with van der Waals surface area (Å²) in [5, 5.41) is 9.37. The largest absolute Gasteiger partial charge is 0.496 e. The van der Waals surface area contributed by atoms with Gasteiger partial charge in [0.1, 0.15) is 5.75 Å². The first-order valence-corrected chi connectivity index (χ1v) is 7.26. The molecule has 20 heavy (non-hydrogen) atoms. The molecule has 0 bridgehead atoms. The normalized spacial score (nSPS) is 30.8. The smallest absolute Gasteiger partial charge is 0.122 e. The van der Waals surface area contributed by atoms with E-state index in [1.807, 2.05) is 18.2 Å². The Balaban J connectivity index is 2.52. The van der Waals surface area contributed by atoms with E-state index in [-0.39, 0.29) is 5.41 Å². The fraction of sp³-hybridized carbons (Fsp3) is 0.588. The number of hydrogen-bond acceptors (Lipinski definition) is 3. The highest BCUT2D eigenvalue weighted by Gasteiger charge is 2.45. The van der Waals surface area contributed by atoms with Crippen LogP contribution in [0.2, 0.25) is 0 Å². The summed E-state index contributed by atoms with van der Waals surface area (Å²) in [5.74, 6) is 1.34. The molecular weight excluding hydrogens is 248 g/mol. The molecule has 1 saturated heterocycles. The molecule has 3 unspecified atom stereocenters. The maximum absolute atomic E-state index is 9.37. The summed E-state index contributed by atoms with van der Waals surface area (Å²) < 4.78 is 5.56. The van der Waals surface area contributed by atoms with E-state index in [1.165, 1.54) is 5.56 Å². The van der Waals surface area contributed by atoms with Crippen molar-refractivity contribution in [3.8, 4) is 11.8 Å². The molecule has 1 aromatic carbocycles. The number of likely N-dealkylation sites (tertiary alicyclic amines) is 1. The van der Waals surface area contributed by atoms with Crippen molar-refractivity contribution >= 4 is 0 Å². The average Bonchev–Trinajstić information content (AvgIpc) is 2.45. The Morgan fingerprint density at radius 1 is 1.40 bits per heavy atom. The molecule has 1 aromatic rings. The Hall–Kier alpha value is -1.53. The molecular formula is C17H24N2O. The van der Waals surface area contributed by atoms with Crippen molar-refractivity contribution in [3.05, 3.63) is 29.8 Å². The van der Waals surface area contributed by atoms with Crippen LogP contribution in [0.4, 0.5) is 0 Å². The quantitative estimate of drug-likeness (QED) is 0.847. The van der Waals surface area contributed by atoms with E-state index in [0.29, 0.717) is 18.4 Å². The Bertz CT molecular complexity index is 508. The van der Waals surface area contributed by atoms with E-state index in [4.69, 9.17) is 4.74 Å². The van der Waals surface area contributed by atoms with Gasteiger partial charge >= 0.3 is 0 Å². The fourth-order valence-electron chi connectivity index (χ4n) is 3.58.